The number of rotatable bonds is 6. The van der Waals surface area contributed by atoms with Crippen LogP contribution in [-0.2, 0) is 17.6 Å². The van der Waals surface area contributed by atoms with Gasteiger partial charge >= 0.3 is 0 Å². The third kappa shape index (κ3) is 4.37. The minimum absolute atomic E-state index is 0.160. The summed E-state index contributed by atoms with van der Waals surface area (Å²) in [7, 11) is 0. The summed E-state index contributed by atoms with van der Waals surface area (Å²) >= 11 is 0. The van der Waals surface area contributed by atoms with Gasteiger partial charge in [0.25, 0.3) is 0 Å². The lowest BCUT2D eigenvalue weighted by Gasteiger charge is -2.07. The average molecular weight is 426 g/mol. The molecule has 0 bridgehead atoms. The molecular formula is C25H22N4O3. The molecule has 0 radical (unpaired) electrons. The van der Waals surface area contributed by atoms with Crippen LogP contribution in [0.1, 0.15) is 23.4 Å². The Labute approximate surface area is 185 Å². The van der Waals surface area contributed by atoms with Gasteiger partial charge in [-0.1, -0.05) is 23.8 Å². The van der Waals surface area contributed by atoms with E-state index in [0.29, 0.717) is 24.0 Å². The molecule has 0 fully saturated rings. The van der Waals surface area contributed by atoms with E-state index in [1.165, 1.54) is 5.56 Å². The van der Waals surface area contributed by atoms with Gasteiger partial charge < -0.3 is 14.5 Å². The molecule has 2 aromatic carbocycles. The van der Waals surface area contributed by atoms with E-state index < -0.39 is 0 Å². The molecule has 1 aliphatic heterocycles. The van der Waals surface area contributed by atoms with Crippen molar-refractivity contribution in [1.29, 1.82) is 0 Å². The van der Waals surface area contributed by atoms with Gasteiger partial charge in [0, 0.05) is 30.4 Å². The van der Waals surface area contributed by atoms with E-state index in [-0.39, 0.29) is 12.3 Å². The van der Waals surface area contributed by atoms with Crippen molar-refractivity contribution in [2.24, 2.45) is 0 Å². The standard InChI is InChI=1S/C25H22N4O3/c1-16-5-7-17(8-6-16)25-29-28-24(32-25)12-11-23(30)27-22-4-2-3-20(26-22)18-9-10-21-19(15-18)13-14-31-21/h2-10,15H,11-14H2,1H3,(H,26,27,30). The van der Waals surface area contributed by atoms with Crippen LogP contribution in [0.4, 0.5) is 5.82 Å². The number of carbonyl (C=O) groups excluding carboxylic acids is 1. The molecule has 0 saturated heterocycles. The third-order valence-electron chi connectivity index (χ3n) is 5.33. The van der Waals surface area contributed by atoms with Gasteiger partial charge in [0.15, 0.2) is 0 Å². The number of hydrogen-bond acceptors (Lipinski definition) is 6. The van der Waals surface area contributed by atoms with E-state index >= 15 is 0 Å². The van der Waals surface area contributed by atoms with Crippen LogP contribution in [0.3, 0.4) is 0 Å². The third-order valence-corrected chi connectivity index (χ3v) is 5.33. The maximum Gasteiger partial charge on any atom is 0.247 e. The number of nitrogens with one attached hydrogen (secondary N) is 1. The van der Waals surface area contributed by atoms with Crippen LogP contribution in [0.25, 0.3) is 22.7 Å². The quantitative estimate of drug-likeness (QED) is 0.484. The molecule has 7 heteroatoms. The minimum Gasteiger partial charge on any atom is -0.493 e. The Morgan fingerprint density at radius 2 is 1.88 bits per heavy atom. The first-order valence-electron chi connectivity index (χ1n) is 10.6. The molecule has 4 aromatic rings. The number of aryl methyl sites for hydroxylation is 2. The van der Waals surface area contributed by atoms with Crippen molar-refractivity contribution in [3.8, 4) is 28.5 Å². The number of amides is 1. The summed E-state index contributed by atoms with van der Waals surface area (Å²) in [6.07, 6.45) is 1.48. The number of benzene rings is 2. The van der Waals surface area contributed by atoms with Crippen LogP contribution >= 0.6 is 0 Å². The highest BCUT2D eigenvalue weighted by Gasteiger charge is 2.14. The summed E-state index contributed by atoms with van der Waals surface area (Å²) in [6, 6.07) is 19.5. The first kappa shape index (κ1) is 19.9. The van der Waals surface area contributed by atoms with Gasteiger partial charge in [-0.15, -0.1) is 10.2 Å². The molecule has 0 saturated carbocycles. The molecular weight excluding hydrogens is 404 g/mol. The molecule has 5 rings (SSSR count). The largest absolute Gasteiger partial charge is 0.493 e. The fourth-order valence-corrected chi connectivity index (χ4v) is 3.60. The zero-order chi connectivity index (χ0) is 21.9. The second-order valence-corrected chi connectivity index (χ2v) is 7.74. The lowest BCUT2D eigenvalue weighted by Crippen LogP contribution is -2.13. The summed E-state index contributed by atoms with van der Waals surface area (Å²) in [4.78, 5) is 17.0. The second kappa shape index (κ2) is 8.63. The topological polar surface area (TPSA) is 90.1 Å². The first-order chi connectivity index (χ1) is 15.6. The maximum atomic E-state index is 12.4. The Balaban J connectivity index is 1.21. The summed E-state index contributed by atoms with van der Waals surface area (Å²) < 4.78 is 11.3. The second-order valence-electron chi connectivity index (χ2n) is 7.74. The van der Waals surface area contributed by atoms with E-state index in [1.54, 1.807) is 6.07 Å². The SMILES string of the molecule is Cc1ccc(-c2nnc(CCC(=O)Nc3cccc(-c4ccc5c(c4)CCO5)n3)o2)cc1. The smallest absolute Gasteiger partial charge is 0.247 e. The van der Waals surface area contributed by atoms with Gasteiger partial charge in [-0.25, -0.2) is 4.98 Å². The Hall–Kier alpha value is -4.00. The summed E-state index contributed by atoms with van der Waals surface area (Å²) in [5, 5.41) is 11.0. The Kier molecular flexibility index (Phi) is 5.37. The molecule has 0 atom stereocenters. The highest BCUT2D eigenvalue weighted by atomic mass is 16.5. The van der Waals surface area contributed by atoms with E-state index in [0.717, 1.165) is 41.2 Å². The highest BCUT2D eigenvalue weighted by molar-refractivity contribution is 5.90. The monoisotopic (exact) mass is 426 g/mol. The van der Waals surface area contributed by atoms with Crippen LogP contribution in [0.15, 0.2) is 65.1 Å². The van der Waals surface area contributed by atoms with E-state index in [2.05, 4.69) is 26.6 Å². The van der Waals surface area contributed by atoms with Crippen molar-refractivity contribution in [2.45, 2.75) is 26.2 Å². The van der Waals surface area contributed by atoms with Crippen LogP contribution in [0.5, 0.6) is 5.75 Å². The lowest BCUT2D eigenvalue weighted by atomic mass is 10.1. The molecule has 2 aromatic heterocycles. The Morgan fingerprint density at radius 3 is 2.75 bits per heavy atom. The predicted octanol–water partition coefficient (Wildman–Crippen LogP) is 4.61. The predicted molar refractivity (Wildman–Crippen MR) is 120 cm³/mol. The van der Waals surface area contributed by atoms with Crippen LogP contribution < -0.4 is 10.1 Å². The first-order valence-corrected chi connectivity index (χ1v) is 10.6. The van der Waals surface area contributed by atoms with Crippen molar-refractivity contribution in [1.82, 2.24) is 15.2 Å². The lowest BCUT2D eigenvalue weighted by molar-refractivity contribution is -0.116. The van der Waals surface area contributed by atoms with Gasteiger partial charge in [0.05, 0.1) is 12.3 Å². The fourth-order valence-electron chi connectivity index (χ4n) is 3.60. The molecule has 0 aliphatic carbocycles. The summed E-state index contributed by atoms with van der Waals surface area (Å²) in [5.41, 5.74) is 5.01. The molecule has 32 heavy (non-hydrogen) atoms. The molecule has 0 spiro atoms. The number of fused-ring (bicyclic) bond motifs is 1. The fraction of sp³-hybridized carbons (Fsp3) is 0.200. The molecule has 1 aliphatic rings. The number of ether oxygens (including phenoxy) is 1. The van der Waals surface area contributed by atoms with Gasteiger partial charge in [0.1, 0.15) is 11.6 Å². The number of carbonyl (C=O) groups is 1. The summed E-state index contributed by atoms with van der Waals surface area (Å²) in [6.45, 7) is 2.74. The zero-order valence-electron chi connectivity index (χ0n) is 17.7. The number of aromatic nitrogens is 3. The zero-order valence-corrected chi connectivity index (χ0v) is 17.7. The molecule has 1 amide bonds. The van der Waals surface area contributed by atoms with Crippen molar-refractivity contribution in [3.05, 3.63) is 77.7 Å². The van der Waals surface area contributed by atoms with Gasteiger partial charge in [-0.3, -0.25) is 4.79 Å². The van der Waals surface area contributed by atoms with Crippen molar-refractivity contribution in [2.75, 3.05) is 11.9 Å². The van der Waals surface area contributed by atoms with Crippen LogP contribution in [0, 0.1) is 6.92 Å². The number of hydrogen-bond donors (Lipinski definition) is 1. The molecule has 3 heterocycles. The summed E-state index contributed by atoms with van der Waals surface area (Å²) in [5.74, 6) is 2.17. The van der Waals surface area contributed by atoms with Gasteiger partial charge in [0.2, 0.25) is 17.7 Å². The van der Waals surface area contributed by atoms with Gasteiger partial charge in [-0.2, -0.15) is 0 Å². The number of anilines is 1. The average Bonchev–Trinajstić information content (AvgIpc) is 3.47. The van der Waals surface area contributed by atoms with Crippen LogP contribution in [-0.4, -0.2) is 27.7 Å². The number of pyridine rings is 1. The van der Waals surface area contributed by atoms with Crippen molar-refractivity contribution < 1.29 is 13.9 Å². The normalized spacial score (nSPS) is 12.3. The number of nitrogens with zero attached hydrogens (tertiary/aromatic N) is 3. The van der Waals surface area contributed by atoms with E-state index in [4.69, 9.17) is 9.15 Å². The molecule has 1 N–H and O–H groups in total. The Bertz CT molecular complexity index is 1260. The minimum atomic E-state index is -0.160. The van der Waals surface area contributed by atoms with Crippen LogP contribution in [0.2, 0.25) is 0 Å². The Morgan fingerprint density at radius 1 is 1.03 bits per heavy atom. The van der Waals surface area contributed by atoms with E-state index in [9.17, 15) is 4.79 Å². The van der Waals surface area contributed by atoms with Gasteiger partial charge in [-0.05, 0) is 55.0 Å². The maximum absolute atomic E-state index is 12.4. The molecule has 7 nitrogen and oxygen atoms in total. The molecule has 160 valence electrons. The van der Waals surface area contributed by atoms with Crippen molar-refractivity contribution >= 4 is 11.7 Å². The molecule has 0 unspecified atom stereocenters. The highest BCUT2D eigenvalue weighted by Crippen LogP contribution is 2.30. The van der Waals surface area contributed by atoms with E-state index in [1.807, 2.05) is 55.5 Å². The van der Waals surface area contributed by atoms with Crippen molar-refractivity contribution in [3.63, 3.8) is 0 Å².